The maximum Gasteiger partial charge on any atom is 0.208 e. The van der Waals surface area contributed by atoms with Crippen molar-refractivity contribution in [3.05, 3.63) is 0 Å². The monoisotopic (exact) mass is 134 g/mol. The Labute approximate surface area is 54.4 Å². The molecule has 0 rings (SSSR count). The predicted octanol–water partition coefficient (Wildman–Crippen LogP) is -2.44. The second kappa shape index (κ2) is 6.99. The summed E-state index contributed by atoms with van der Waals surface area (Å²) in [7, 11) is 3.56. The summed E-state index contributed by atoms with van der Waals surface area (Å²) >= 11 is 0. The van der Waals surface area contributed by atoms with Gasteiger partial charge in [0.05, 0.1) is 0 Å². The third kappa shape index (κ3) is 178. The molecule has 0 aliphatic carbocycles. The van der Waals surface area contributed by atoms with E-state index in [1.807, 2.05) is 0 Å². The van der Waals surface area contributed by atoms with Crippen molar-refractivity contribution in [2.75, 3.05) is 14.1 Å². The van der Waals surface area contributed by atoms with E-state index in [4.69, 9.17) is 17.3 Å². The first-order chi connectivity index (χ1) is 4.00. The van der Waals surface area contributed by atoms with Crippen LogP contribution in [0.2, 0.25) is 0 Å². The summed E-state index contributed by atoms with van der Waals surface area (Å²) in [6, 6.07) is 0. The highest BCUT2D eigenvalue weighted by Gasteiger charge is 1.62. The number of hydrogen-bond donors (Lipinski definition) is 4. The summed E-state index contributed by atoms with van der Waals surface area (Å²) < 4.78 is 0. The molecule has 0 heterocycles. The van der Waals surface area contributed by atoms with E-state index in [2.05, 4.69) is 10.9 Å². The molecule has 9 heavy (non-hydrogen) atoms. The Hall–Kier alpha value is -1.01. The molecule has 0 bridgehead atoms. The molecule has 0 saturated carbocycles. The lowest BCUT2D eigenvalue weighted by Gasteiger charge is -1.91. The number of hydrazine groups is 1. The third-order valence-corrected chi connectivity index (χ3v) is 0.149. The topological polar surface area (TPSA) is 120 Å². The summed E-state index contributed by atoms with van der Waals surface area (Å²) in [6.45, 7) is 0. The van der Waals surface area contributed by atoms with E-state index < -0.39 is 0 Å². The van der Waals surface area contributed by atoms with Crippen LogP contribution in [0.5, 0.6) is 0 Å². The van der Waals surface area contributed by atoms with Crippen molar-refractivity contribution in [2.45, 2.75) is 0 Å². The predicted molar refractivity (Wildman–Crippen MR) is 37.9 cm³/mol. The number of hydrogen-bond acceptors (Lipinski definition) is 4. The van der Waals surface area contributed by atoms with E-state index in [9.17, 15) is 0 Å². The lowest BCUT2D eigenvalue weighted by Crippen LogP contribution is -2.23. The van der Waals surface area contributed by atoms with Gasteiger partial charge in [-0.3, -0.25) is 10.9 Å². The first-order valence-corrected chi connectivity index (χ1v) is 2.21. The summed E-state index contributed by atoms with van der Waals surface area (Å²) in [6.07, 6.45) is 0. The highest BCUT2D eigenvalue weighted by molar-refractivity contribution is 5.75. The standard InChI is InChI=1S/C2H8N2.CH6N4/c1-4(2)3;2-1(3)5-4/h3H2,1-2H3;4H2,(H4,2,3,5). The second-order valence-corrected chi connectivity index (χ2v) is 1.52. The molecule has 56 valence electrons. The minimum atomic E-state index is -0.0926. The van der Waals surface area contributed by atoms with Gasteiger partial charge in [0.25, 0.3) is 0 Å². The zero-order chi connectivity index (χ0) is 7.86. The van der Waals surface area contributed by atoms with Crippen LogP contribution in [0.4, 0.5) is 0 Å². The molecule has 6 heteroatoms. The van der Waals surface area contributed by atoms with Crippen LogP contribution < -0.4 is 23.2 Å². The van der Waals surface area contributed by atoms with Gasteiger partial charge in [-0.1, -0.05) is 0 Å². The fourth-order valence-corrected chi connectivity index (χ4v) is 0. The lowest BCUT2D eigenvalue weighted by molar-refractivity contribution is 0.432. The Morgan fingerprint density at radius 2 is 1.44 bits per heavy atom. The Morgan fingerprint density at radius 1 is 1.33 bits per heavy atom. The van der Waals surface area contributed by atoms with Crippen molar-refractivity contribution in [1.82, 2.24) is 5.01 Å². The number of hydrazone groups is 1. The average molecular weight is 134 g/mol. The van der Waals surface area contributed by atoms with Gasteiger partial charge in [-0.25, -0.2) is 0 Å². The van der Waals surface area contributed by atoms with Crippen molar-refractivity contribution >= 4 is 5.96 Å². The van der Waals surface area contributed by atoms with Crippen LogP contribution in [-0.4, -0.2) is 25.1 Å². The first-order valence-electron chi connectivity index (χ1n) is 2.21. The molecule has 0 aliphatic rings. The summed E-state index contributed by atoms with van der Waals surface area (Å²) in [4.78, 5) is 0. The van der Waals surface area contributed by atoms with Crippen molar-refractivity contribution in [1.29, 1.82) is 0 Å². The highest BCUT2D eigenvalue weighted by atomic mass is 15.4. The van der Waals surface area contributed by atoms with Gasteiger partial charge in [0.1, 0.15) is 0 Å². The number of nitrogens with zero attached hydrogens (tertiary/aromatic N) is 2. The number of rotatable bonds is 0. The lowest BCUT2D eigenvalue weighted by atomic mass is 11.1. The van der Waals surface area contributed by atoms with E-state index in [-0.39, 0.29) is 5.96 Å². The molecule has 0 amide bonds. The summed E-state index contributed by atoms with van der Waals surface area (Å²) in [5.74, 6) is 9.36. The van der Waals surface area contributed by atoms with Crippen molar-refractivity contribution in [3.8, 4) is 0 Å². The van der Waals surface area contributed by atoms with E-state index in [1.165, 1.54) is 5.01 Å². The van der Waals surface area contributed by atoms with Crippen molar-refractivity contribution in [2.24, 2.45) is 28.3 Å². The molecule has 0 aromatic heterocycles. The average Bonchev–Trinajstić information content (AvgIpc) is 1.65. The molecule has 0 aliphatic heterocycles. The Morgan fingerprint density at radius 3 is 1.44 bits per heavy atom. The van der Waals surface area contributed by atoms with E-state index in [1.54, 1.807) is 14.1 Å². The van der Waals surface area contributed by atoms with Gasteiger partial charge in [-0.2, -0.15) is 0 Å². The van der Waals surface area contributed by atoms with Crippen molar-refractivity contribution < 1.29 is 0 Å². The van der Waals surface area contributed by atoms with Gasteiger partial charge in [0.2, 0.25) is 5.96 Å². The number of nitrogens with two attached hydrogens (primary N) is 4. The SMILES string of the molecule is CN(C)N.NN=C(N)N. The van der Waals surface area contributed by atoms with Crippen LogP contribution >= 0.6 is 0 Å². The Bertz CT molecular complexity index is 69.6. The largest absolute Gasteiger partial charge is 0.369 e. The molecule has 0 spiro atoms. The van der Waals surface area contributed by atoms with Crippen LogP contribution in [-0.2, 0) is 0 Å². The van der Waals surface area contributed by atoms with Gasteiger partial charge in [0, 0.05) is 14.1 Å². The molecule has 0 aromatic rings. The number of guanidine groups is 1. The first kappa shape index (κ1) is 10.9. The molecule has 0 unspecified atom stereocenters. The van der Waals surface area contributed by atoms with E-state index in [0.717, 1.165) is 0 Å². The zero-order valence-electron chi connectivity index (χ0n) is 5.70. The molecule has 0 fully saturated rings. The summed E-state index contributed by atoms with van der Waals surface area (Å²) in [5.41, 5.74) is 9.39. The molecule has 0 radical (unpaired) electrons. The minimum absolute atomic E-state index is 0.0926. The maximum absolute atomic E-state index is 4.94. The van der Waals surface area contributed by atoms with Gasteiger partial charge >= 0.3 is 0 Å². The van der Waals surface area contributed by atoms with Crippen LogP contribution in [0.3, 0.4) is 0 Å². The molecule has 0 aromatic carbocycles. The Kier molecular flexibility index (Phi) is 8.45. The Balaban J connectivity index is 0. The van der Waals surface area contributed by atoms with Crippen LogP contribution in [0.25, 0.3) is 0 Å². The smallest absolute Gasteiger partial charge is 0.208 e. The van der Waals surface area contributed by atoms with Gasteiger partial charge in [0.15, 0.2) is 0 Å². The molecule has 6 nitrogen and oxygen atoms in total. The van der Waals surface area contributed by atoms with Gasteiger partial charge in [-0.15, -0.1) is 5.10 Å². The normalized spacial score (nSPS) is 7.56. The van der Waals surface area contributed by atoms with Gasteiger partial charge < -0.3 is 17.3 Å². The van der Waals surface area contributed by atoms with E-state index in [0.29, 0.717) is 0 Å². The highest BCUT2D eigenvalue weighted by Crippen LogP contribution is 1.37. The van der Waals surface area contributed by atoms with Crippen LogP contribution in [0.15, 0.2) is 5.10 Å². The fraction of sp³-hybridized carbons (Fsp3) is 0.667. The van der Waals surface area contributed by atoms with Crippen LogP contribution in [0, 0.1) is 0 Å². The maximum atomic E-state index is 4.94. The molecule has 0 atom stereocenters. The molecule has 8 N–H and O–H groups in total. The van der Waals surface area contributed by atoms with Crippen molar-refractivity contribution in [3.63, 3.8) is 0 Å². The van der Waals surface area contributed by atoms with Crippen LogP contribution in [0.1, 0.15) is 0 Å². The minimum Gasteiger partial charge on any atom is -0.369 e. The quantitative estimate of drug-likeness (QED) is 0.127. The van der Waals surface area contributed by atoms with E-state index >= 15 is 0 Å². The molecular weight excluding hydrogens is 120 g/mol. The molecule has 0 saturated heterocycles. The summed E-state index contributed by atoms with van der Waals surface area (Å²) in [5, 5.41) is 4.36. The zero-order valence-corrected chi connectivity index (χ0v) is 5.70. The van der Waals surface area contributed by atoms with Gasteiger partial charge in [-0.05, 0) is 0 Å². The second-order valence-electron chi connectivity index (χ2n) is 1.52. The fourth-order valence-electron chi connectivity index (χ4n) is 0. The third-order valence-electron chi connectivity index (χ3n) is 0.149. The molecular formula is C3H14N6.